The number of benzene rings is 4. The number of carbonyl (C=O) groups excluding carboxylic acids is 2. The van der Waals surface area contributed by atoms with E-state index in [0.717, 1.165) is 77.6 Å². The highest BCUT2D eigenvalue weighted by atomic mass is 16.6. The highest BCUT2D eigenvalue weighted by Crippen LogP contribution is 2.37. The van der Waals surface area contributed by atoms with Crippen molar-refractivity contribution in [3.63, 3.8) is 0 Å². The van der Waals surface area contributed by atoms with Crippen molar-refractivity contribution in [2.75, 3.05) is 13.2 Å². The fraction of sp³-hybridized carbons (Fsp3) is 0.324. The first kappa shape index (κ1) is 52.1. The standard InChI is InChI=1S/C68H74N6O4/c1-65(2,3)45-33-43(34-46(37-45)66(4,5)6)59-51-23-27-55(69-51)61(73-49(39-77-63(73)75)31-41-19-15-13-16-20-41)57-29-25-53(71-57)60(44-35-47(67(7,8)9)38-48(36-44)68(10,11)12)54-26-30-58(72-54)62(56-28-24-52(59)70-56)74-50(40-78-64(74)76)32-42-21-17-14-18-22-42/h13-30,33-38,49-50,69-72H,31-32,39-40H2,1-12H3. The van der Waals surface area contributed by atoms with Crippen LogP contribution in [0.3, 0.4) is 0 Å². The lowest BCUT2D eigenvalue weighted by molar-refractivity contribution is 0.166. The van der Waals surface area contributed by atoms with Gasteiger partial charge in [0.05, 0.1) is 45.6 Å². The second-order valence-electron chi connectivity index (χ2n) is 25.8. The molecule has 4 aromatic heterocycles. The lowest BCUT2D eigenvalue weighted by atomic mass is 9.78. The number of amides is 2. The molecule has 0 radical (unpaired) electrons. The normalized spacial score (nSPS) is 17.3. The number of nitrogens with zero attached hydrogens (tertiary/aromatic N) is 2. The minimum absolute atomic E-state index is 0.165. The van der Waals surface area contributed by atoms with Crippen LogP contribution < -0.4 is 21.4 Å². The minimum Gasteiger partial charge on any atom is -0.447 e. The predicted octanol–water partition coefficient (Wildman–Crippen LogP) is 11.4. The van der Waals surface area contributed by atoms with Crippen molar-refractivity contribution in [3.8, 4) is 0 Å². The number of rotatable bonds is 8. The first-order chi connectivity index (χ1) is 37.0. The maximum absolute atomic E-state index is 14.5. The number of carbonyl (C=O) groups is 2. The van der Waals surface area contributed by atoms with Gasteiger partial charge in [0.25, 0.3) is 0 Å². The molecule has 11 rings (SSSR count). The van der Waals surface area contributed by atoms with Gasteiger partial charge in [0, 0.05) is 33.2 Å². The van der Waals surface area contributed by atoms with E-state index in [1.54, 1.807) is 0 Å². The molecule has 2 fully saturated rings. The van der Waals surface area contributed by atoms with Crippen molar-refractivity contribution in [3.05, 3.63) is 234 Å². The summed E-state index contributed by atoms with van der Waals surface area (Å²) >= 11 is 0. The molecule has 3 aliphatic rings. The summed E-state index contributed by atoms with van der Waals surface area (Å²) in [6, 6.07) is 50.8. The van der Waals surface area contributed by atoms with Crippen LogP contribution in [0.15, 0.2) is 146 Å². The highest BCUT2D eigenvalue weighted by Gasteiger charge is 2.39. The van der Waals surface area contributed by atoms with Crippen molar-refractivity contribution in [1.29, 1.82) is 0 Å². The molecule has 0 saturated carbocycles. The molecular formula is C68H74N6O4. The van der Waals surface area contributed by atoms with E-state index in [1.807, 2.05) is 46.2 Å². The number of H-pyrrole nitrogens is 4. The van der Waals surface area contributed by atoms with Gasteiger partial charge < -0.3 is 29.4 Å². The first-order valence-electron chi connectivity index (χ1n) is 27.6. The van der Waals surface area contributed by atoms with Crippen molar-refractivity contribution < 1.29 is 19.1 Å². The summed E-state index contributed by atoms with van der Waals surface area (Å²) in [5.41, 5.74) is 14.9. The largest absolute Gasteiger partial charge is 0.447 e. The maximum Gasteiger partial charge on any atom is 0.414 e. The molecule has 2 atom stereocenters. The molecule has 4 N–H and O–H groups in total. The third-order valence-corrected chi connectivity index (χ3v) is 15.8. The van der Waals surface area contributed by atoms with Crippen LogP contribution in [0.25, 0.3) is 22.5 Å². The summed E-state index contributed by atoms with van der Waals surface area (Å²) in [7, 11) is 0. The molecule has 3 aliphatic heterocycles. The van der Waals surface area contributed by atoms with E-state index in [0.29, 0.717) is 24.2 Å². The minimum atomic E-state index is -0.404. The summed E-state index contributed by atoms with van der Waals surface area (Å²) in [5.74, 6) is 0. The van der Waals surface area contributed by atoms with Crippen molar-refractivity contribution >= 4 is 34.7 Å². The number of nitrogens with one attached hydrogen (secondary N) is 4. The van der Waals surface area contributed by atoms with Gasteiger partial charge in [0.15, 0.2) is 0 Å². The van der Waals surface area contributed by atoms with Crippen LogP contribution in [-0.2, 0) is 44.0 Å². The highest BCUT2D eigenvalue weighted by molar-refractivity contribution is 5.87. The van der Waals surface area contributed by atoms with Gasteiger partial charge in [-0.1, -0.05) is 180 Å². The first-order valence-corrected chi connectivity index (χ1v) is 27.6. The second kappa shape index (κ2) is 19.5. The molecule has 10 nitrogen and oxygen atoms in total. The van der Waals surface area contributed by atoms with E-state index >= 15 is 0 Å². The van der Waals surface area contributed by atoms with E-state index < -0.39 is 12.2 Å². The Balaban J connectivity index is 1.26. The molecule has 2 amide bonds. The smallest absolute Gasteiger partial charge is 0.414 e. The van der Waals surface area contributed by atoms with Gasteiger partial charge in [-0.05, 0) is 128 Å². The van der Waals surface area contributed by atoms with Crippen LogP contribution in [0, 0.1) is 0 Å². The zero-order chi connectivity index (χ0) is 55.1. The fourth-order valence-electron chi connectivity index (χ4n) is 11.3. The Kier molecular flexibility index (Phi) is 13.0. The van der Waals surface area contributed by atoms with E-state index in [1.165, 1.54) is 22.3 Å². The molecular weight excluding hydrogens is 965 g/mol. The quantitative estimate of drug-likeness (QED) is 0.121. The Labute approximate surface area is 458 Å². The molecule has 400 valence electrons. The average Bonchev–Trinajstić information content (AvgIpc) is 4.39. The summed E-state index contributed by atoms with van der Waals surface area (Å²) in [6.45, 7) is 27.6. The monoisotopic (exact) mass is 1040 g/mol. The van der Waals surface area contributed by atoms with Crippen LogP contribution >= 0.6 is 0 Å². The number of cyclic esters (lactones) is 2. The summed E-state index contributed by atoms with van der Waals surface area (Å²) in [4.78, 5) is 48.4. The Morgan fingerprint density at radius 2 is 0.718 bits per heavy atom. The van der Waals surface area contributed by atoms with E-state index in [4.69, 9.17) is 9.47 Å². The molecule has 2 saturated heterocycles. The van der Waals surface area contributed by atoms with Crippen molar-refractivity contribution in [1.82, 2.24) is 29.7 Å². The van der Waals surface area contributed by atoms with Crippen LogP contribution in [0.4, 0.5) is 9.59 Å². The number of aromatic nitrogens is 4. The number of ether oxygens (including phenoxy) is 2. The summed E-state index contributed by atoms with van der Waals surface area (Å²) in [6.07, 6.45) is 0.391. The molecule has 8 bridgehead atoms. The number of hydrogen-bond donors (Lipinski definition) is 4. The van der Waals surface area contributed by atoms with Crippen LogP contribution in [-0.4, -0.2) is 67.2 Å². The molecule has 0 spiro atoms. The van der Waals surface area contributed by atoms with Crippen molar-refractivity contribution in [2.24, 2.45) is 0 Å². The SMILES string of the molecule is CC(C)(C)c1cc(C2=c3ccc([nH]3)=C(N3C(=O)OCC3Cc3ccccc3)c3ccc([nH]3)C(c3cc(C(C)(C)C)cc(C(C)(C)C)c3)=c3ccc([nH]3)=C(N3C(=O)OCC3Cc3ccccc3)c3ccc2[nH]3)cc(C(C)(C)C)c1. The average molecular weight is 1040 g/mol. The molecule has 10 heteroatoms. The molecule has 4 aromatic carbocycles. The topological polar surface area (TPSA) is 122 Å². The lowest BCUT2D eigenvalue weighted by Gasteiger charge is -2.27. The Morgan fingerprint density at radius 3 is 1.05 bits per heavy atom. The van der Waals surface area contributed by atoms with Crippen LogP contribution in [0.2, 0.25) is 0 Å². The third-order valence-electron chi connectivity index (χ3n) is 15.8. The zero-order valence-electron chi connectivity index (χ0n) is 47.4. The molecule has 2 unspecified atom stereocenters. The lowest BCUT2D eigenvalue weighted by Crippen LogP contribution is -2.38. The van der Waals surface area contributed by atoms with Gasteiger partial charge in [0.2, 0.25) is 0 Å². The predicted molar refractivity (Wildman–Crippen MR) is 312 cm³/mol. The Hall–Kier alpha value is -7.98. The van der Waals surface area contributed by atoms with Crippen LogP contribution in [0.5, 0.6) is 0 Å². The van der Waals surface area contributed by atoms with E-state index in [-0.39, 0.29) is 47.0 Å². The fourth-order valence-corrected chi connectivity index (χ4v) is 11.3. The van der Waals surface area contributed by atoms with Crippen LogP contribution in [0.1, 0.15) is 150 Å². The maximum atomic E-state index is 14.5. The molecule has 7 heterocycles. The number of fused-ring (bicyclic) bond motifs is 8. The van der Waals surface area contributed by atoms with Crippen molar-refractivity contribution in [2.45, 2.75) is 130 Å². The van der Waals surface area contributed by atoms with E-state index in [2.05, 4.69) is 212 Å². The third kappa shape index (κ3) is 10.1. The Morgan fingerprint density at radius 1 is 0.397 bits per heavy atom. The molecule has 78 heavy (non-hydrogen) atoms. The van der Waals surface area contributed by atoms with Gasteiger partial charge in [-0.15, -0.1) is 0 Å². The number of hydrogen-bond acceptors (Lipinski definition) is 4. The van der Waals surface area contributed by atoms with Gasteiger partial charge in [0.1, 0.15) is 13.2 Å². The molecule has 8 aromatic rings. The zero-order valence-corrected chi connectivity index (χ0v) is 47.4. The molecule has 0 aliphatic carbocycles. The van der Waals surface area contributed by atoms with Gasteiger partial charge >= 0.3 is 12.2 Å². The summed E-state index contributed by atoms with van der Waals surface area (Å²) < 4.78 is 12.0. The van der Waals surface area contributed by atoms with Gasteiger partial charge in [-0.2, -0.15) is 0 Å². The van der Waals surface area contributed by atoms with E-state index in [9.17, 15) is 9.59 Å². The van der Waals surface area contributed by atoms with Gasteiger partial charge in [-0.3, -0.25) is 9.80 Å². The number of aromatic amines is 4. The van der Waals surface area contributed by atoms with Gasteiger partial charge in [-0.25, -0.2) is 9.59 Å². The Bertz CT molecular complexity index is 3540. The second-order valence-corrected chi connectivity index (χ2v) is 25.8. The summed E-state index contributed by atoms with van der Waals surface area (Å²) in [5, 5.41) is 3.19.